The third-order valence-electron chi connectivity index (χ3n) is 5.85. The Labute approximate surface area is 203 Å². The second-order valence-corrected chi connectivity index (χ2v) is 8.44. The van der Waals surface area contributed by atoms with Crippen molar-refractivity contribution < 1.29 is 22.7 Å². The first-order valence-corrected chi connectivity index (χ1v) is 11.1. The molecule has 1 aliphatic rings. The van der Waals surface area contributed by atoms with Crippen molar-refractivity contribution in [1.82, 2.24) is 24.7 Å². The molecule has 0 radical (unpaired) electrons. The Hall–Kier alpha value is -4.03. The summed E-state index contributed by atoms with van der Waals surface area (Å²) in [4.78, 5) is 25.4. The number of morpholine rings is 1. The van der Waals surface area contributed by atoms with Gasteiger partial charge in [-0.1, -0.05) is 12.1 Å². The molecule has 1 aliphatic heterocycles. The maximum atomic E-state index is 12.9. The standard InChI is InChI=1S/C24H22F3N7O2/c1-13-12-36-17(11-31-13)22-33-19(20-21(28)30-8-9-34(20)22)14-2-4-15(5-3-14)23(35)32-18-10-16(6-7-29-18)24(25,26)27/h2-10,13,17,31H,11-12H2,1H3,(H2,28,30)(H,29,32,35)/t13-,17+/m0/s1. The van der Waals surface area contributed by atoms with Crippen LogP contribution in [0.15, 0.2) is 55.0 Å². The summed E-state index contributed by atoms with van der Waals surface area (Å²) in [5, 5.41) is 5.77. The van der Waals surface area contributed by atoms with Gasteiger partial charge >= 0.3 is 6.18 Å². The highest BCUT2D eigenvalue weighted by atomic mass is 19.4. The summed E-state index contributed by atoms with van der Waals surface area (Å²) in [6.45, 7) is 3.17. The lowest BCUT2D eigenvalue weighted by atomic mass is 10.1. The van der Waals surface area contributed by atoms with Crippen LogP contribution in [0.1, 0.15) is 34.8 Å². The number of fused-ring (bicyclic) bond motifs is 1. The van der Waals surface area contributed by atoms with E-state index in [1.807, 2.05) is 11.3 Å². The van der Waals surface area contributed by atoms with E-state index in [0.29, 0.717) is 41.6 Å². The molecule has 186 valence electrons. The third-order valence-corrected chi connectivity index (χ3v) is 5.85. The Morgan fingerprint density at radius 3 is 2.67 bits per heavy atom. The molecular weight excluding hydrogens is 475 g/mol. The van der Waals surface area contributed by atoms with Crippen molar-refractivity contribution in [1.29, 1.82) is 0 Å². The number of ether oxygens (including phenoxy) is 1. The summed E-state index contributed by atoms with van der Waals surface area (Å²) in [5.74, 6) is 0.172. The first-order valence-electron chi connectivity index (χ1n) is 11.1. The van der Waals surface area contributed by atoms with Crippen molar-refractivity contribution in [3.8, 4) is 11.3 Å². The average molecular weight is 497 g/mol. The fourth-order valence-corrected chi connectivity index (χ4v) is 4.01. The largest absolute Gasteiger partial charge is 0.416 e. The lowest BCUT2D eigenvalue weighted by Crippen LogP contribution is -2.41. The number of nitrogen functional groups attached to an aromatic ring is 1. The summed E-state index contributed by atoms with van der Waals surface area (Å²) in [5.41, 5.74) is 7.39. The van der Waals surface area contributed by atoms with E-state index in [0.717, 1.165) is 18.3 Å². The molecule has 0 saturated carbocycles. The lowest BCUT2D eigenvalue weighted by molar-refractivity contribution is -0.137. The first kappa shape index (κ1) is 23.7. The maximum Gasteiger partial charge on any atom is 0.416 e. The molecule has 0 bridgehead atoms. The molecule has 4 heterocycles. The molecule has 36 heavy (non-hydrogen) atoms. The highest BCUT2D eigenvalue weighted by Gasteiger charge is 2.31. The number of benzene rings is 1. The molecule has 5 rings (SSSR count). The minimum atomic E-state index is -4.54. The molecule has 0 unspecified atom stereocenters. The Morgan fingerprint density at radius 1 is 1.19 bits per heavy atom. The van der Waals surface area contributed by atoms with Crippen molar-refractivity contribution in [2.24, 2.45) is 0 Å². The molecule has 9 nitrogen and oxygen atoms in total. The molecule has 1 fully saturated rings. The number of pyridine rings is 1. The van der Waals surface area contributed by atoms with Crippen LogP contribution in [-0.4, -0.2) is 44.5 Å². The predicted molar refractivity (Wildman–Crippen MR) is 126 cm³/mol. The van der Waals surface area contributed by atoms with E-state index in [1.54, 1.807) is 36.7 Å². The zero-order valence-corrected chi connectivity index (χ0v) is 19.1. The van der Waals surface area contributed by atoms with Crippen molar-refractivity contribution in [2.75, 3.05) is 24.2 Å². The molecule has 1 saturated heterocycles. The van der Waals surface area contributed by atoms with Gasteiger partial charge in [0.25, 0.3) is 5.91 Å². The first-order chi connectivity index (χ1) is 17.2. The quantitative estimate of drug-likeness (QED) is 0.393. The van der Waals surface area contributed by atoms with E-state index >= 15 is 0 Å². The second kappa shape index (κ2) is 9.21. The van der Waals surface area contributed by atoms with E-state index in [-0.39, 0.29) is 23.5 Å². The number of nitrogens with two attached hydrogens (primary N) is 1. The van der Waals surface area contributed by atoms with Crippen LogP contribution < -0.4 is 16.4 Å². The smallest absolute Gasteiger partial charge is 0.382 e. The van der Waals surface area contributed by atoms with Gasteiger partial charge in [0.15, 0.2) is 0 Å². The van der Waals surface area contributed by atoms with Crippen LogP contribution in [0.4, 0.5) is 24.8 Å². The number of amides is 1. The van der Waals surface area contributed by atoms with Crippen molar-refractivity contribution in [2.45, 2.75) is 25.2 Å². The fraction of sp³-hybridized carbons (Fsp3) is 0.250. The normalized spacial score (nSPS) is 18.3. The Morgan fingerprint density at radius 2 is 1.97 bits per heavy atom. The third kappa shape index (κ3) is 4.60. The van der Waals surface area contributed by atoms with E-state index in [9.17, 15) is 18.0 Å². The van der Waals surface area contributed by atoms with Gasteiger partial charge in [-0.15, -0.1) is 0 Å². The average Bonchev–Trinajstić information content (AvgIpc) is 3.25. The number of halogens is 3. The van der Waals surface area contributed by atoms with E-state index in [1.165, 1.54) is 0 Å². The molecular formula is C24H22F3N7O2. The molecule has 12 heteroatoms. The summed E-state index contributed by atoms with van der Waals surface area (Å²) in [6, 6.07) is 8.34. The van der Waals surface area contributed by atoms with Gasteiger partial charge in [-0.25, -0.2) is 15.0 Å². The van der Waals surface area contributed by atoms with Crippen molar-refractivity contribution in [3.63, 3.8) is 0 Å². The van der Waals surface area contributed by atoms with Crippen LogP contribution in [-0.2, 0) is 10.9 Å². The second-order valence-electron chi connectivity index (χ2n) is 8.44. The number of carbonyl (C=O) groups is 1. The van der Waals surface area contributed by atoms with Gasteiger partial charge in [-0.2, -0.15) is 13.2 Å². The van der Waals surface area contributed by atoms with Gasteiger partial charge in [0.1, 0.15) is 34.8 Å². The van der Waals surface area contributed by atoms with Gasteiger partial charge in [-0.3, -0.25) is 9.20 Å². The minimum Gasteiger partial charge on any atom is -0.382 e. The zero-order chi connectivity index (χ0) is 25.4. The molecule has 4 N–H and O–H groups in total. The lowest BCUT2D eigenvalue weighted by Gasteiger charge is -2.27. The number of carbonyl (C=O) groups excluding carboxylic acids is 1. The number of rotatable bonds is 4. The SMILES string of the molecule is C[C@H]1CO[C@@H](c2nc(-c3ccc(C(=O)Nc4cc(C(F)(F)F)ccn4)cc3)c3c(N)nccn23)CN1. The number of imidazole rings is 1. The van der Waals surface area contributed by atoms with Crippen LogP contribution in [0, 0.1) is 0 Å². The molecule has 2 atom stereocenters. The van der Waals surface area contributed by atoms with E-state index in [2.05, 4.69) is 20.6 Å². The maximum absolute atomic E-state index is 12.9. The number of alkyl halides is 3. The number of hydrogen-bond donors (Lipinski definition) is 3. The van der Waals surface area contributed by atoms with E-state index < -0.39 is 17.6 Å². The Kier molecular flexibility index (Phi) is 6.06. The summed E-state index contributed by atoms with van der Waals surface area (Å²) in [6.07, 6.45) is -0.472. The summed E-state index contributed by atoms with van der Waals surface area (Å²) < 4.78 is 46.6. The van der Waals surface area contributed by atoms with Crippen LogP contribution in [0.3, 0.4) is 0 Å². The monoisotopic (exact) mass is 497 g/mol. The fourth-order valence-electron chi connectivity index (χ4n) is 4.01. The number of nitrogens with one attached hydrogen (secondary N) is 2. The van der Waals surface area contributed by atoms with Gasteiger partial charge in [-0.05, 0) is 31.2 Å². The molecule has 4 aromatic rings. The minimum absolute atomic E-state index is 0.196. The van der Waals surface area contributed by atoms with E-state index in [4.69, 9.17) is 15.5 Å². The van der Waals surface area contributed by atoms with Gasteiger partial charge in [0.2, 0.25) is 0 Å². The van der Waals surface area contributed by atoms with Crippen LogP contribution in [0.2, 0.25) is 0 Å². The molecule has 1 aromatic carbocycles. The molecule has 0 aliphatic carbocycles. The number of nitrogens with zero attached hydrogens (tertiary/aromatic N) is 4. The molecule has 1 amide bonds. The Bertz CT molecular complexity index is 1410. The summed E-state index contributed by atoms with van der Waals surface area (Å²) >= 11 is 0. The Balaban J connectivity index is 1.42. The predicted octanol–water partition coefficient (Wildman–Crippen LogP) is 3.69. The molecule has 3 aromatic heterocycles. The van der Waals surface area contributed by atoms with Crippen molar-refractivity contribution in [3.05, 3.63) is 71.9 Å². The van der Waals surface area contributed by atoms with Gasteiger partial charge < -0.3 is 21.1 Å². The van der Waals surface area contributed by atoms with Crippen molar-refractivity contribution >= 4 is 23.1 Å². The number of anilines is 2. The number of hydrogen-bond acceptors (Lipinski definition) is 7. The highest BCUT2D eigenvalue weighted by molar-refractivity contribution is 6.04. The topological polar surface area (TPSA) is 119 Å². The van der Waals surface area contributed by atoms with Gasteiger partial charge in [0.05, 0.1) is 12.2 Å². The van der Waals surface area contributed by atoms with Crippen LogP contribution in [0.5, 0.6) is 0 Å². The summed E-state index contributed by atoms with van der Waals surface area (Å²) in [7, 11) is 0. The van der Waals surface area contributed by atoms with Crippen LogP contribution >= 0.6 is 0 Å². The molecule has 0 spiro atoms. The van der Waals surface area contributed by atoms with Gasteiger partial charge in [0, 0.05) is 42.3 Å². The highest BCUT2D eigenvalue weighted by Crippen LogP contribution is 2.32. The zero-order valence-electron chi connectivity index (χ0n) is 19.1. The number of aromatic nitrogens is 4. The van der Waals surface area contributed by atoms with Crippen LogP contribution in [0.25, 0.3) is 16.8 Å².